The number of hydrogen-bond donors (Lipinski definition) is 2. The summed E-state index contributed by atoms with van der Waals surface area (Å²) in [5.41, 5.74) is 1.44. The van der Waals surface area contributed by atoms with E-state index in [0.29, 0.717) is 15.6 Å². The summed E-state index contributed by atoms with van der Waals surface area (Å²) in [5.74, 6) is -1.30. The van der Waals surface area contributed by atoms with Crippen molar-refractivity contribution in [2.24, 2.45) is 13.0 Å². The Labute approximate surface area is 131 Å². The molecule has 22 heavy (non-hydrogen) atoms. The van der Waals surface area contributed by atoms with E-state index in [4.69, 9.17) is 0 Å². The van der Waals surface area contributed by atoms with E-state index < -0.39 is 12.0 Å². The molecule has 1 fully saturated rings. The maximum Gasteiger partial charge on any atom is 0.326 e. The third-order valence-electron chi connectivity index (χ3n) is 3.60. The van der Waals surface area contributed by atoms with E-state index in [1.54, 1.807) is 17.8 Å². The van der Waals surface area contributed by atoms with E-state index >= 15 is 0 Å². The maximum absolute atomic E-state index is 12.3. The van der Waals surface area contributed by atoms with E-state index in [9.17, 15) is 14.7 Å². The van der Waals surface area contributed by atoms with E-state index in [1.165, 1.54) is 11.3 Å². The zero-order valence-electron chi connectivity index (χ0n) is 12.2. The fourth-order valence-corrected chi connectivity index (χ4v) is 3.22. The second-order valence-electron chi connectivity index (χ2n) is 5.46. The number of aromatic nitrogens is 3. The Morgan fingerprint density at radius 2 is 2.23 bits per heavy atom. The smallest absolute Gasteiger partial charge is 0.326 e. The molecular weight excluding hydrogens is 304 g/mol. The highest BCUT2D eigenvalue weighted by molar-refractivity contribution is 7.17. The Kier molecular flexibility index (Phi) is 3.69. The number of rotatable bonds is 5. The van der Waals surface area contributed by atoms with Gasteiger partial charge in [-0.2, -0.15) is 5.10 Å². The molecule has 8 heteroatoms. The average Bonchev–Trinajstić information content (AvgIpc) is 3.08. The number of amides is 1. The first kappa shape index (κ1) is 14.7. The summed E-state index contributed by atoms with van der Waals surface area (Å²) < 4.78 is 1.67. The van der Waals surface area contributed by atoms with Crippen LogP contribution in [0.1, 0.15) is 28.2 Å². The minimum Gasteiger partial charge on any atom is -0.480 e. The lowest BCUT2D eigenvalue weighted by atomic mass is 10.2. The second kappa shape index (κ2) is 5.53. The number of carbonyl (C=O) groups excluding carboxylic acids is 1. The predicted octanol–water partition coefficient (Wildman–Crippen LogP) is 1.45. The third-order valence-corrected chi connectivity index (χ3v) is 4.81. The standard InChI is InChI=1S/C14H16N4O3S/c1-7-11(12(19)17-10(14(20)21)8-3-4-8)22-13(16-7)9-5-15-18(2)6-9/h5-6,8,10H,3-4H2,1-2H3,(H,17,19)(H,20,21). The van der Waals surface area contributed by atoms with Gasteiger partial charge in [0.15, 0.2) is 0 Å². The molecule has 2 N–H and O–H groups in total. The maximum atomic E-state index is 12.3. The summed E-state index contributed by atoms with van der Waals surface area (Å²) in [5, 5.41) is 16.6. The van der Waals surface area contributed by atoms with Gasteiger partial charge in [0.05, 0.1) is 11.9 Å². The van der Waals surface area contributed by atoms with Crippen molar-refractivity contribution in [3.05, 3.63) is 23.0 Å². The second-order valence-corrected chi connectivity index (χ2v) is 6.46. The monoisotopic (exact) mass is 320 g/mol. The van der Waals surface area contributed by atoms with Crippen LogP contribution >= 0.6 is 11.3 Å². The van der Waals surface area contributed by atoms with Crippen molar-refractivity contribution in [3.63, 3.8) is 0 Å². The van der Waals surface area contributed by atoms with Crippen LogP contribution in [-0.4, -0.2) is 37.8 Å². The van der Waals surface area contributed by atoms with Crippen molar-refractivity contribution in [3.8, 4) is 10.6 Å². The molecule has 1 amide bonds. The number of aliphatic carboxylic acids is 1. The molecule has 0 saturated heterocycles. The van der Waals surface area contributed by atoms with Crippen molar-refractivity contribution < 1.29 is 14.7 Å². The largest absolute Gasteiger partial charge is 0.480 e. The molecule has 1 aliphatic rings. The average molecular weight is 320 g/mol. The van der Waals surface area contributed by atoms with Gasteiger partial charge in [-0.25, -0.2) is 9.78 Å². The lowest BCUT2D eigenvalue weighted by molar-refractivity contribution is -0.139. The fraction of sp³-hybridized carbons (Fsp3) is 0.429. The highest BCUT2D eigenvalue weighted by atomic mass is 32.1. The molecule has 1 aliphatic carbocycles. The first-order valence-corrected chi connectivity index (χ1v) is 7.77. The topological polar surface area (TPSA) is 97.1 Å². The predicted molar refractivity (Wildman–Crippen MR) is 80.7 cm³/mol. The van der Waals surface area contributed by atoms with Gasteiger partial charge in [0.2, 0.25) is 0 Å². The number of carboxylic acid groups (broad SMARTS) is 1. The summed E-state index contributed by atoms with van der Waals surface area (Å²) in [6, 6.07) is -0.809. The molecule has 1 saturated carbocycles. The van der Waals surface area contributed by atoms with Gasteiger partial charge in [-0.3, -0.25) is 9.48 Å². The summed E-state index contributed by atoms with van der Waals surface area (Å²) in [4.78, 5) is 28.4. The van der Waals surface area contributed by atoms with Crippen molar-refractivity contribution in [1.29, 1.82) is 0 Å². The van der Waals surface area contributed by atoms with Gasteiger partial charge in [-0.05, 0) is 25.7 Å². The Morgan fingerprint density at radius 3 is 2.77 bits per heavy atom. The van der Waals surface area contributed by atoms with Crippen LogP contribution in [-0.2, 0) is 11.8 Å². The van der Waals surface area contributed by atoms with Crippen molar-refractivity contribution in [1.82, 2.24) is 20.1 Å². The SMILES string of the molecule is Cc1nc(-c2cnn(C)c2)sc1C(=O)NC(C(=O)O)C1CC1. The Balaban J connectivity index is 1.80. The highest BCUT2D eigenvalue weighted by Gasteiger charge is 2.37. The number of aryl methyl sites for hydroxylation is 2. The Morgan fingerprint density at radius 1 is 1.50 bits per heavy atom. The lowest BCUT2D eigenvalue weighted by Crippen LogP contribution is -2.42. The quantitative estimate of drug-likeness (QED) is 0.869. The number of nitrogens with one attached hydrogen (secondary N) is 1. The zero-order chi connectivity index (χ0) is 15.9. The molecule has 116 valence electrons. The molecule has 2 heterocycles. The highest BCUT2D eigenvalue weighted by Crippen LogP contribution is 2.33. The first-order chi connectivity index (χ1) is 10.5. The molecule has 3 rings (SSSR count). The molecule has 7 nitrogen and oxygen atoms in total. The molecule has 0 radical (unpaired) electrons. The number of thiazole rings is 1. The van der Waals surface area contributed by atoms with Gasteiger partial charge in [0, 0.05) is 18.8 Å². The molecule has 0 spiro atoms. The van der Waals surface area contributed by atoms with Crippen LogP contribution in [0, 0.1) is 12.8 Å². The number of carbonyl (C=O) groups is 2. The van der Waals surface area contributed by atoms with Crippen LogP contribution in [0.3, 0.4) is 0 Å². The van der Waals surface area contributed by atoms with Gasteiger partial charge in [-0.15, -0.1) is 11.3 Å². The fourth-order valence-electron chi connectivity index (χ4n) is 2.28. The van der Waals surface area contributed by atoms with Gasteiger partial charge < -0.3 is 10.4 Å². The number of nitrogens with zero attached hydrogens (tertiary/aromatic N) is 3. The van der Waals surface area contributed by atoms with Gasteiger partial charge >= 0.3 is 5.97 Å². The molecule has 0 bridgehead atoms. The van der Waals surface area contributed by atoms with Crippen molar-refractivity contribution in [2.45, 2.75) is 25.8 Å². The Hall–Kier alpha value is -2.22. The molecular formula is C14H16N4O3S. The van der Waals surface area contributed by atoms with E-state index in [1.807, 2.05) is 13.2 Å². The first-order valence-electron chi connectivity index (χ1n) is 6.96. The van der Waals surface area contributed by atoms with Crippen molar-refractivity contribution in [2.75, 3.05) is 0 Å². The van der Waals surface area contributed by atoms with E-state index in [2.05, 4.69) is 15.4 Å². The Bertz CT molecular complexity index is 732. The van der Waals surface area contributed by atoms with Crippen LogP contribution in [0.4, 0.5) is 0 Å². The molecule has 1 unspecified atom stereocenters. The van der Waals surface area contributed by atoms with Crippen LogP contribution in [0.5, 0.6) is 0 Å². The van der Waals surface area contributed by atoms with E-state index in [-0.39, 0.29) is 11.8 Å². The van der Waals surface area contributed by atoms with Crippen LogP contribution in [0.2, 0.25) is 0 Å². The van der Waals surface area contributed by atoms with Crippen LogP contribution < -0.4 is 5.32 Å². The molecule has 0 aliphatic heterocycles. The third kappa shape index (κ3) is 2.87. The van der Waals surface area contributed by atoms with Gasteiger partial charge in [0.1, 0.15) is 15.9 Å². The van der Waals surface area contributed by atoms with Crippen LogP contribution in [0.15, 0.2) is 12.4 Å². The molecule has 2 aromatic rings. The molecule has 1 atom stereocenters. The normalized spacial score (nSPS) is 15.5. The summed E-state index contributed by atoms with van der Waals surface area (Å²) >= 11 is 1.25. The number of carboxylic acids is 1. The van der Waals surface area contributed by atoms with E-state index in [0.717, 1.165) is 18.4 Å². The van der Waals surface area contributed by atoms with Crippen LogP contribution in [0.25, 0.3) is 10.6 Å². The van der Waals surface area contributed by atoms with Gasteiger partial charge in [0.25, 0.3) is 5.91 Å². The minimum absolute atomic E-state index is 0.0486. The number of hydrogen-bond acceptors (Lipinski definition) is 5. The summed E-state index contributed by atoms with van der Waals surface area (Å²) in [7, 11) is 1.81. The lowest BCUT2D eigenvalue weighted by Gasteiger charge is -2.12. The van der Waals surface area contributed by atoms with Gasteiger partial charge in [-0.1, -0.05) is 0 Å². The summed E-state index contributed by atoms with van der Waals surface area (Å²) in [6.45, 7) is 1.75. The minimum atomic E-state index is -0.981. The molecule has 2 aromatic heterocycles. The zero-order valence-corrected chi connectivity index (χ0v) is 13.1. The summed E-state index contributed by atoms with van der Waals surface area (Å²) in [6.07, 6.45) is 5.20. The molecule has 0 aromatic carbocycles. The van der Waals surface area contributed by atoms with Crippen molar-refractivity contribution >= 4 is 23.2 Å².